The number of likely N-dealkylation sites (tertiary alicyclic amines) is 1. The van der Waals surface area contributed by atoms with E-state index in [-0.39, 0.29) is 24.8 Å². The van der Waals surface area contributed by atoms with Crippen LogP contribution in [0, 0.1) is 5.92 Å². The molecule has 17 heavy (non-hydrogen) atoms. The fourth-order valence-electron chi connectivity index (χ4n) is 2.88. The molecule has 0 radical (unpaired) electrons. The van der Waals surface area contributed by atoms with Crippen LogP contribution in [0.1, 0.15) is 38.5 Å². The van der Waals surface area contributed by atoms with Gasteiger partial charge >= 0.3 is 5.97 Å². The van der Waals surface area contributed by atoms with E-state index in [9.17, 15) is 14.7 Å². The maximum Gasteiger partial charge on any atom is 0.326 e. The van der Waals surface area contributed by atoms with Gasteiger partial charge in [-0.1, -0.05) is 19.3 Å². The first kappa shape index (κ1) is 12.4. The molecular formula is C12H19NO4. The van der Waals surface area contributed by atoms with Crippen LogP contribution < -0.4 is 0 Å². The summed E-state index contributed by atoms with van der Waals surface area (Å²) in [6.45, 7) is 0.173. The molecule has 1 aliphatic carbocycles. The van der Waals surface area contributed by atoms with Crippen molar-refractivity contribution in [2.45, 2.75) is 50.7 Å². The second-order valence-electron chi connectivity index (χ2n) is 5.07. The van der Waals surface area contributed by atoms with Gasteiger partial charge in [0.25, 0.3) is 0 Å². The summed E-state index contributed by atoms with van der Waals surface area (Å²) < 4.78 is 0. The number of amides is 1. The Bertz CT molecular complexity index is 312. The Morgan fingerprint density at radius 1 is 1.12 bits per heavy atom. The number of aliphatic hydroxyl groups is 1. The molecule has 0 aromatic carbocycles. The number of aliphatic hydroxyl groups excluding tert-OH is 1. The standard InChI is InChI=1S/C12H19NO4/c14-9-6-10(12(16)17)13(7-9)11(15)8-4-2-1-3-5-8/h8-10,14H,1-7H2,(H,16,17). The maximum absolute atomic E-state index is 12.2. The lowest BCUT2D eigenvalue weighted by Crippen LogP contribution is -2.44. The van der Waals surface area contributed by atoms with Crippen molar-refractivity contribution in [2.75, 3.05) is 6.54 Å². The molecule has 0 bridgehead atoms. The number of rotatable bonds is 2. The molecule has 2 rings (SSSR count). The number of β-amino-alcohol motifs (C(OH)–C–C–N with tert-alkyl or cyclic N) is 1. The van der Waals surface area contributed by atoms with Gasteiger partial charge in [-0.25, -0.2) is 4.79 Å². The van der Waals surface area contributed by atoms with E-state index in [0.717, 1.165) is 32.1 Å². The summed E-state index contributed by atoms with van der Waals surface area (Å²) in [5.74, 6) is -1.12. The lowest BCUT2D eigenvalue weighted by atomic mass is 9.88. The normalized spacial score (nSPS) is 30.5. The van der Waals surface area contributed by atoms with Crippen LogP contribution in [0.5, 0.6) is 0 Å². The molecule has 5 nitrogen and oxygen atoms in total. The van der Waals surface area contributed by atoms with Crippen LogP contribution in [0.4, 0.5) is 0 Å². The minimum absolute atomic E-state index is 0.0316. The van der Waals surface area contributed by atoms with Gasteiger partial charge in [-0.3, -0.25) is 4.79 Å². The second kappa shape index (κ2) is 5.04. The molecule has 2 fully saturated rings. The third-order valence-corrected chi connectivity index (χ3v) is 3.80. The SMILES string of the molecule is O=C(O)C1CC(O)CN1C(=O)C1CCCCC1. The fraction of sp³-hybridized carbons (Fsp3) is 0.833. The molecule has 2 aliphatic rings. The summed E-state index contributed by atoms with van der Waals surface area (Å²) in [5.41, 5.74) is 0. The van der Waals surface area contributed by atoms with Crippen molar-refractivity contribution in [3.05, 3.63) is 0 Å². The first-order chi connectivity index (χ1) is 8.09. The zero-order chi connectivity index (χ0) is 12.4. The Hall–Kier alpha value is -1.10. The highest BCUT2D eigenvalue weighted by Gasteiger charge is 2.41. The lowest BCUT2D eigenvalue weighted by molar-refractivity contribution is -0.150. The Morgan fingerprint density at radius 3 is 2.35 bits per heavy atom. The van der Waals surface area contributed by atoms with Crippen LogP contribution in [-0.4, -0.2) is 45.7 Å². The molecule has 1 saturated carbocycles. The highest BCUT2D eigenvalue weighted by molar-refractivity contribution is 5.85. The summed E-state index contributed by atoms with van der Waals surface area (Å²) in [5, 5.41) is 18.6. The largest absolute Gasteiger partial charge is 0.480 e. The van der Waals surface area contributed by atoms with E-state index in [0.29, 0.717) is 0 Å². The number of aliphatic carboxylic acids is 1. The third kappa shape index (κ3) is 2.60. The molecule has 0 spiro atoms. The average Bonchev–Trinajstić information content (AvgIpc) is 2.72. The third-order valence-electron chi connectivity index (χ3n) is 3.80. The van der Waals surface area contributed by atoms with Gasteiger partial charge in [0.15, 0.2) is 0 Å². The minimum atomic E-state index is -1.01. The Labute approximate surface area is 100 Å². The van der Waals surface area contributed by atoms with Crippen LogP contribution >= 0.6 is 0 Å². The molecule has 1 aliphatic heterocycles. The van der Waals surface area contributed by atoms with Crippen LogP contribution in [0.2, 0.25) is 0 Å². The van der Waals surface area contributed by atoms with E-state index >= 15 is 0 Å². The van der Waals surface area contributed by atoms with Gasteiger partial charge in [0.05, 0.1) is 6.10 Å². The zero-order valence-electron chi connectivity index (χ0n) is 9.84. The van der Waals surface area contributed by atoms with Gasteiger partial charge in [-0.15, -0.1) is 0 Å². The lowest BCUT2D eigenvalue weighted by Gasteiger charge is -2.28. The molecule has 2 atom stereocenters. The number of carbonyl (C=O) groups excluding carboxylic acids is 1. The topological polar surface area (TPSA) is 77.8 Å². The van der Waals surface area contributed by atoms with Crippen molar-refractivity contribution < 1.29 is 19.8 Å². The highest BCUT2D eigenvalue weighted by atomic mass is 16.4. The van der Waals surface area contributed by atoms with Gasteiger partial charge in [-0.05, 0) is 12.8 Å². The molecule has 1 saturated heterocycles. The first-order valence-electron chi connectivity index (χ1n) is 6.31. The molecule has 2 unspecified atom stereocenters. The monoisotopic (exact) mass is 241 g/mol. The molecule has 5 heteroatoms. The minimum Gasteiger partial charge on any atom is -0.480 e. The molecule has 1 amide bonds. The van der Waals surface area contributed by atoms with Crippen LogP contribution in [0.25, 0.3) is 0 Å². The van der Waals surface area contributed by atoms with Crippen LogP contribution in [0.3, 0.4) is 0 Å². The van der Waals surface area contributed by atoms with Crippen molar-refractivity contribution in [1.82, 2.24) is 4.90 Å². The predicted octanol–water partition coefficient (Wildman–Crippen LogP) is 0.613. The van der Waals surface area contributed by atoms with E-state index in [1.807, 2.05) is 0 Å². The molecule has 0 aromatic rings. The first-order valence-corrected chi connectivity index (χ1v) is 6.31. The van der Waals surface area contributed by atoms with E-state index in [1.165, 1.54) is 4.90 Å². The smallest absolute Gasteiger partial charge is 0.326 e. The van der Waals surface area contributed by atoms with Gasteiger partial charge in [0.2, 0.25) is 5.91 Å². The van der Waals surface area contributed by atoms with Gasteiger partial charge in [0, 0.05) is 18.9 Å². The predicted molar refractivity (Wildman–Crippen MR) is 60.3 cm³/mol. The highest BCUT2D eigenvalue weighted by Crippen LogP contribution is 2.28. The number of carboxylic acids is 1. The Balaban J connectivity index is 2.04. The number of hydrogen-bond donors (Lipinski definition) is 2. The van der Waals surface area contributed by atoms with Gasteiger partial charge in [0.1, 0.15) is 6.04 Å². The zero-order valence-corrected chi connectivity index (χ0v) is 9.84. The molecular weight excluding hydrogens is 222 g/mol. The quantitative estimate of drug-likeness (QED) is 0.742. The van der Waals surface area contributed by atoms with Crippen molar-refractivity contribution in [3.8, 4) is 0 Å². The second-order valence-corrected chi connectivity index (χ2v) is 5.07. The van der Waals surface area contributed by atoms with Crippen molar-refractivity contribution >= 4 is 11.9 Å². The summed E-state index contributed by atoms with van der Waals surface area (Å²) in [6.07, 6.45) is 4.44. The number of nitrogens with zero attached hydrogens (tertiary/aromatic N) is 1. The summed E-state index contributed by atoms with van der Waals surface area (Å²) >= 11 is 0. The number of carboxylic acid groups (broad SMARTS) is 1. The van der Waals surface area contributed by atoms with Crippen molar-refractivity contribution in [2.24, 2.45) is 5.92 Å². The van der Waals surface area contributed by atoms with E-state index in [1.54, 1.807) is 0 Å². The summed E-state index contributed by atoms with van der Waals surface area (Å²) in [6, 6.07) is -0.834. The van der Waals surface area contributed by atoms with Gasteiger partial charge in [-0.2, -0.15) is 0 Å². The van der Waals surface area contributed by atoms with Gasteiger partial charge < -0.3 is 15.1 Å². The maximum atomic E-state index is 12.2. The van der Waals surface area contributed by atoms with Crippen molar-refractivity contribution in [1.29, 1.82) is 0 Å². The number of carbonyl (C=O) groups is 2. The molecule has 1 heterocycles. The fourth-order valence-corrected chi connectivity index (χ4v) is 2.88. The molecule has 96 valence electrons. The number of hydrogen-bond acceptors (Lipinski definition) is 3. The van der Waals surface area contributed by atoms with Crippen molar-refractivity contribution in [3.63, 3.8) is 0 Å². The van der Waals surface area contributed by atoms with E-state index < -0.39 is 18.1 Å². The Kier molecular flexibility index (Phi) is 3.66. The summed E-state index contributed by atoms with van der Waals surface area (Å²) in [4.78, 5) is 24.6. The molecule has 0 aromatic heterocycles. The average molecular weight is 241 g/mol. The Morgan fingerprint density at radius 2 is 1.76 bits per heavy atom. The summed E-state index contributed by atoms with van der Waals surface area (Å²) in [7, 11) is 0. The molecule has 2 N–H and O–H groups in total. The van der Waals surface area contributed by atoms with E-state index in [2.05, 4.69) is 0 Å². The van der Waals surface area contributed by atoms with Crippen LogP contribution in [0.15, 0.2) is 0 Å². The van der Waals surface area contributed by atoms with Crippen LogP contribution in [-0.2, 0) is 9.59 Å². The van der Waals surface area contributed by atoms with E-state index in [4.69, 9.17) is 5.11 Å².